The molecule has 0 aliphatic heterocycles. The molecule has 4 heteroatoms. The van der Waals surface area contributed by atoms with Crippen molar-refractivity contribution in [2.45, 2.75) is 0 Å². The summed E-state index contributed by atoms with van der Waals surface area (Å²) < 4.78 is 16.5. The Labute approximate surface area is 123 Å². The molecule has 0 spiro atoms. The molecule has 3 aromatic rings. The van der Waals surface area contributed by atoms with E-state index in [1.807, 2.05) is 54.4 Å². The van der Waals surface area contributed by atoms with Gasteiger partial charge >= 0.3 is 0 Å². The molecule has 4 nitrogen and oxygen atoms in total. The molecule has 0 aliphatic carbocycles. The molecule has 0 unspecified atom stereocenters. The van der Waals surface area contributed by atoms with Crippen LogP contribution in [0.3, 0.4) is 0 Å². The largest absolute Gasteiger partial charge is 0.497 e. The van der Waals surface area contributed by atoms with Gasteiger partial charge in [-0.15, -0.1) is 0 Å². The van der Waals surface area contributed by atoms with Gasteiger partial charge in [0.05, 0.1) is 19.9 Å². The van der Waals surface area contributed by atoms with Crippen molar-refractivity contribution in [3.8, 4) is 11.5 Å². The first-order chi connectivity index (χ1) is 10.2. The third-order valence-electron chi connectivity index (χ3n) is 3.54. The number of anilines is 2. The van der Waals surface area contributed by atoms with E-state index in [9.17, 15) is 0 Å². The minimum absolute atomic E-state index is 0.763. The quantitative estimate of drug-likeness (QED) is 0.718. The van der Waals surface area contributed by atoms with Gasteiger partial charge in [-0.3, -0.25) is 0 Å². The lowest BCUT2D eigenvalue weighted by Gasteiger charge is -2.20. The summed E-state index contributed by atoms with van der Waals surface area (Å²) in [4.78, 5) is 1.96. The highest BCUT2D eigenvalue weighted by atomic mass is 16.5. The Hall–Kier alpha value is -2.62. The molecule has 0 N–H and O–H groups in total. The second-order valence-corrected chi connectivity index (χ2v) is 4.72. The zero-order chi connectivity index (χ0) is 14.8. The molecule has 0 radical (unpaired) electrons. The van der Waals surface area contributed by atoms with E-state index >= 15 is 0 Å². The Morgan fingerprint density at radius 1 is 1.00 bits per heavy atom. The van der Waals surface area contributed by atoms with Crippen molar-refractivity contribution >= 4 is 22.3 Å². The summed E-state index contributed by atoms with van der Waals surface area (Å²) in [5.74, 6) is 2.31. The highest BCUT2D eigenvalue weighted by Crippen LogP contribution is 2.38. The zero-order valence-corrected chi connectivity index (χ0v) is 12.3. The summed E-state index contributed by atoms with van der Waals surface area (Å²) in [5, 5.41) is 2.13. The summed E-state index contributed by atoms with van der Waals surface area (Å²) in [6.45, 7) is 0. The van der Waals surface area contributed by atoms with Crippen LogP contribution in [0.2, 0.25) is 0 Å². The highest BCUT2D eigenvalue weighted by molar-refractivity contribution is 5.93. The van der Waals surface area contributed by atoms with Crippen LogP contribution in [0.25, 0.3) is 10.8 Å². The molecule has 0 atom stereocenters. The molecule has 21 heavy (non-hydrogen) atoms. The van der Waals surface area contributed by atoms with Gasteiger partial charge in [-0.2, -0.15) is 0 Å². The standard InChI is InChI=1S/C17H17NO3/c1-18(15-10-13(19-2)8-9-16(15)20-3)17-14-7-5-4-6-12(14)11-21-17/h4-11H,1-3H3. The number of ether oxygens (including phenoxy) is 2. The lowest BCUT2D eigenvalue weighted by Crippen LogP contribution is -2.10. The normalized spacial score (nSPS) is 10.6. The van der Waals surface area contributed by atoms with Crippen LogP contribution in [-0.4, -0.2) is 21.3 Å². The number of nitrogens with zero attached hydrogens (tertiary/aromatic N) is 1. The van der Waals surface area contributed by atoms with Crippen LogP contribution in [0.4, 0.5) is 11.6 Å². The summed E-state index contributed by atoms with van der Waals surface area (Å²) >= 11 is 0. The maximum Gasteiger partial charge on any atom is 0.207 e. The van der Waals surface area contributed by atoms with Crippen LogP contribution < -0.4 is 14.4 Å². The van der Waals surface area contributed by atoms with E-state index in [4.69, 9.17) is 13.9 Å². The molecule has 108 valence electrons. The molecule has 1 heterocycles. The maximum atomic E-state index is 5.73. The molecule has 0 bridgehead atoms. The van der Waals surface area contributed by atoms with E-state index in [0.717, 1.165) is 33.8 Å². The van der Waals surface area contributed by atoms with Crippen molar-refractivity contribution in [1.29, 1.82) is 0 Å². The molecule has 2 aromatic carbocycles. The third kappa shape index (κ3) is 2.29. The fourth-order valence-electron chi connectivity index (χ4n) is 2.41. The topological polar surface area (TPSA) is 34.8 Å². The molecule has 0 amide bonds. The number of furan rings is 1. The van der Waals surface area contributed by atoms with Gasteiger partial charge in [0.25, 0.3) is 0 Å². The van der Waals surface area contributed by atoms with Gasteiger partial charge in [0.1, 0.15) is 17.8 Å². The van der Waals surface area contributed by atoms with Crippen molar-refractivity contribution in [2.24, 2.45) is 0 Å². The average molecular weight is 283 g/mol. The number of rotatable bonds is 4. The van der Waals surface area contributed by atoms with Crippen molar-refractivity contribution in [2.75, 3.05) is 26.2 Å². The fraction of sp³-hybridized carbons (Fsp3) is 0.176. The smallest absolute Gasteiger partial charge is 0.207 e. The summed E-state index contributed by atoms with van der Waals surface area (Å²) in [5.41, 5.74) is 0.886. The van der Waals surface area contributed by atoms with E-state index in [2.05, 4.69) is 0 Å². The predicted octanol–water partition coefficient (Wildman–Crippen LogP) is 4.22. The molecule has 0 saturated heterocycles. The SMILES string of the molecule is COc1ccc(OC)c(N(C)c2occ3ccccc23)c1. The zero-order valence-electron chi connectivity index (χ0n) is 12.3. The second-order valence-electron chi connectivity index (χ2n) is 4.72. The van der Waals surface area contributed by atoms with E-state index in [1.54, 1.807) is 20.5 Å². The van der Waals surface area contributed by atoms with Crippen molar-refractivity contribution in [1.82, 2.24) is 0 Å². The van der Waals surface area contributed by atoms with Gasteiger partial charge in [-0.1, -0.05) is 18.2 Å². The Morgan fingerprint density at radius 2 is 1.81 bits per heavy atom. The number of benzene rings is 2. The molecular weight excluding hydrogens is 266 g/mol. The van der Waals surface area contributed by atoms with Crippen LogP contribution >= 0.6 is 0 Å². The molecule has 0 fully saturated rings. The molecule has 0 aliphatic rings. The lowest BCUT2D eigenvalue weighted by atomic mass is 10.2. The average Bonchev–Trinajstić information content (AvgIpc) is 2.97. The number of hydrogen-bond acceptors (Lipinski definition) is 4. The van der Waals surface area contributed by atoms with Crippen LogP contribution in [0, 0.1) is 0 Å². The van der Waals surface area contributed by atoms with E-state index < -0.39 is 0 Å². The van der Waals surface area contributed by atoms with Crippen LogP contribution in [0.5, 0.6) is 11.5 Å². The maximum absolute atomic E-state index is 5.73. The second kappa shape index (κ2) is 5.40. The number of methoxy groups -OCH3 is 2. The minimum atomic E-state index is 0.763. The van der Waals surface area contributed by atoms with Gasteiger partial charge in [0, 0.05) is 23.9 Å². The van der Waals surface area contributed by atoms with E-state index in [-0.39, 0.29) is 0 Å². The Balaban J connectivity index is 2.11. The van der Waals surface area contributed by atoms with Gasteiger partial charge in [-0.25, -0.2) is 0 Å². The Kier molecular flexibility index (Phi) is 3.44. The van der Waals surface area contributed by atoms with Gasteiger partial charge < -0.3 is 18.8 Å². The minimum Gasteiger partial charge on any atom is -0.497 e. The lowest BCUT2D eigenvalue weighted by molar-refractivity contribution is 0.403. The van der Waals surface area contributed by atoms with E-state index in [1.165, 1.54) is 0 Å². The van der Waals surface area contributed by atoms with Crippen LogP contribution in [0.15, 0.2) is 53.1 Å². The number of fused-ring (bicyclic) bond motifs is 1. The first kappa shape index (κ1) is 13.4. The highest BCUT2D eigenvalue weighted by Gasteiger charge is 2.16. The van der Waals surface area contributed by atoms with E-state index in [0.29, 0.717) is 0 Å². The summed E-state index contributed by atoms with van der Waals surface area (Å²) in [6, 6.07) is 13.7. The van der Waals surface area contributed by atoms with Crippen molar-refractivity contribution < 1.29 is 13.9 Å². The van der Waals surface area contributed by atoms with Gasteiger partial charge in [-0.05, 0) is 18.2 Å². The Morgan fingerprint density at radius 3 is 2.57 bits per heavy atom. The van der Waals surface area contributed by atoms with Gasteiger partial charge in [0.15, 0.2) is 0 Å². The van der Waals surface area contributed by atoms with Crippen molar-refractivity contribution in [3.05, 3.63) is 48.7 Å². The van der Waals surface area contributed by atoms with Crippen molar-refractivity contribution in [3.63, 3.8) is 0 Å². The number of hydrogen-bond donors (Lipinski definition) is 0. The Bertz CT molecular complexity index is 764. The molecule has 0 saturated carbocycles. The molecular formula is C17H17NO3. The monoisotopic (exact) mass is 283 g/mol. The fourth-order valence-corrected chi connectivity index (χ4v) is 2.41. The molecule has 1 aromatic heterocycles. The van der Waals surface area contributed by atoms with Crippen LogP contribution in [0.1, 0.15) is 0 Å². The van der Waals surface area contributed by atoms with Gasteiger partial charge in [0.2, 0.25) is 5.88 Å². The summed E-state index contributed by atoms with van der Waals surface area (Å²) in [7, 11) is 5.25. The third-order valence-corrected chi connectivity index (χ3v) is 3.54. The first-order valence-electron chi connectivity index (χ1n) is 6.66. The first-order valence-corrected chi connectivity index (χ1v) is 6.66. The molecule has 3 rings (SSSR count). The van der Waals surface area contributed by atoms with Crippen LogP contribution in [-0.2, 0) is 0 Å². The predicted molar refractivity (Wildman–Crippen MR) is 83.8 cm³/mol. The summed E-state index contributed by atoms with van der Waals surface area (Å²) in [6.07, 6.45) is 1.76.